The summed E-state index contributed by atoms with van der Waals surface area (Å²) < 4.78 is 10.9. The van der Waals surface area contributed by atoms with Crippen molar-refractivity contribution >= 4 is 35.6 Å². The van der Waals surface area contributed by atoms with Gasteiger partial charge in [-0.3, -0.25) is 4.99 Å². The van der Waals surface area contributed by atoms with Crippen LogP contribution in [0.25, 0.3) is 0 Å². The second-order valence-corrected chi connectivity index (χ2v) is 9.08. The van der Waals surface area contributed by atoms with Crippen LogP contribution in [0.15, 0.2) is 23.2 Å². The highest BCUT2D eigenvalue weighted by molar-refractivity contribution is 14.0. The average molecular weight is 558 g/mol. The van der Waals surface area contributed by atoms with E-state index in [2.05, 4.69) is 39.5 Å². The predicted octanol–water partition coefficient (Wildman–Crippen LogP) is 3.33. The van der Waals surface area contributed by atoms with Crippen LogP contribution in [0.2, 0.25) is 0 Å². The molecule has 4 rings (SSSR count). The van der Waals surface area contributed by atoms with Crippen LogP contribution in [0.1, 0.15) is 39.0 Å². The molecule has 0 amide bonds. The minimum absolute atomic E-state index is 0. The number of halogens is 1. The minimum Gasteiger partial charge on any atom is -0.497 e. The number of ether oxygens (including phenoxy) is 2. The molecule has 2 aliphatic heterocycles. The van der Waals surface area contributed by atoms with Crippen LogP contribution in [-0.2, 0) is 0 Å². The van der Waals surface area contributed by atoms with E-state index < -0.39 is 0 Å². The SMILES string of the molecule is CCNC(=NCC1CCN(C2CC2)C1)NC1CCN(c2cc(OC)cc(OC)c2)CC1.I. The molecule has 8 heteroatoms. The molecule has 0 bridgehead atoms. The lowest BCUT2D eigenvalue weighted by atomic mass is 10.0. The van der Waals surface area contributed by atoms with Crippen molar-refractivity contribution in [3.8, 4) is 11.5 Å². The van der Waals surface area contributed by atoms with E-state index >= 15 is 0 Å². The molecule has 2 heterocycles. The minimum atomic E-state index is 0. The Morgan fingerprint density at radius 3 is 2.28 bits per heavy atom. The molecule has 0 aromatic heterocycles. The van der Waals surface area contributed by atoms with Gasteiger partial charge < -0.3 is 29.9 Å². The molecule has 1 atom stereocenters. The Hall–Kier alpha value is -1.42. The summed E-state index contributed by atoms with van der Waals surface area (Å²) in [5.74, 6) is 3.36. The third-order valence-corrected chi connectivity index (χ3v) is 6.77. The highest BCUT2D eigenvalue weighted by atomic mass is 127. The van der Waals surface area contributed by atoms with Crippen molar-refractivity contribution in [1.29, 1.82) is 0 Å². The maximum atomic E-state index is 5.43. The highest BCUT2D eigenvalue weighted by Gasteiger charge is 2.34. The molecule has 3 aliphatic rings. The third kappa shape index (κ3) is 6.79. The molecule has 1 aromatic carbocycles. The number of aliphatic imine (C=N–C) groups is 1. The number of methoxy groups -OCH3 is 2. The fraction of sp³-hybridized carbons (Fsp3) is 0.708. The van der Waals surface area contributed by atoms with Crippen molar-refractivity contribution in [2.45, 2.75) is 51.1 Å². The number of hydrogen-bond donors (Lipinski definition) is 2. The Kier molecular flexibility index (Phi) is 9.58. The van der Waals surface area contributed by atoms with Gasteiger partial charge in [-0.15, -0.1) is 24.0 Å². The Balaban J connectivity index is 0.00000289. The average Bonchev–Trinajstić information content (AvgIpc) is 3.55. The zero-order valence-electron chi connectivity index (χ0n) is 19.8. The van der Waals surface area contributed by atoms with Gasteiger partial charge in [-0.05, 0) is 51.5 Å². The molecule has 1 aliphatic carbocycles. The second kappa shape index (κ2) is 12.2. The first-order chi connectivity index (χ1) is 15.2. The summed E-state index contributed by atoms with van der Waals surface area (Å²) in [6.45, 7) is 8.48. The van der Waals surface area contributed by atoms with Crippen LogP contribution >= 0.6 is 24.0 Å². The van der Waals surface area contributed by atoms with Crippen molar-refractivity contribution < 1.29 is 9.47 Å². The largest absolute Gasteiger partial charge is 0.497 e. The Labute approximate surface area is 210 Å². The van der Waals surface area contributed by atoms with Crippen molar-refractivity contribution in [2.75, 3.05) is 58.4 Å². The molecule has 3 fully saturated rings. The van der Waals surface area contributed by atoms with Gasteiger partial charge >= 0.3 is 0 Å². The number of hydrogen-bond acceptors (Lipinski definition) is 5. The summed E-state index contributed by atoms with van der Waals surface area (Å²) in [6, 6.07) is 7.44. The highest BCUT2D eigenvalue weighted by Crippen LogP contribution is 2.32. The number of piperidine rings is 1. The summed E-state index contributed by atoms with van der Waals surface area (Å²) >= 11 is 0. The second-order valence-electron chi connectivity index (χ2n) is 9.08. The van der Waals surface area contributed by atoms with E-state index in [0.717, 1.165) is 68.2 Å². The lowest BCUT2D eigenvalue weighted by molar-refractivity contribution is 0.315. The Bertz CT molecular complexity index is 728. The van der Waals surface area contributed by atoms with Crippen molar-refractivity contribution in [3.05, 3.63) is 18.2 Å². The van der Waals surface area contributed by atoms with Gasteiger partial charge in [0, 0.05) is 68.7 Å². The maximum absolute atomic E-state index is 5.43. The first kappa shape index (κ1) is 25.2. The number of nitrogens with one attached hydrogen (secondary N) is 2. The topological polar surface area (TPSA) is 61.4 Å². The monoisotopic (exact) mass is 557 g/mol. The van der Waals surface area contributed by atoms with Crippen LogP contribution in [0.5, 0.6) is 11.5 Å². The van der Waals surface area contributed by atoms with E-state index in [1.807, 2.05) is 6.07 Å². The van der Waals surface area contributed by atoms with E-state index in [1.54, 1.807) is 14.2 Å². The van der Waals surface area contributed by atoms with Gasteiger partial charge in [0.25, 0.3) is 0 Å². The van der Waals surface area contributed by atoms with Crippen molar-refractivity contribution in [2.24, 2.45) is 10.9 Å². The number of benzene rings is 1. The fourth-order valence-electron chi connectivity index (χ4n) is 4.77. The molecular formula is C24H40IN5O2. The van der Waals surface area contributed by atoms with Gasteiger partial charge in [0.05, 0.1) is 14.2 Å². The maximum Gasteiger partial charge on any atom is 0.191 e. The van der Waals surface area contributed by atoms with Crippen LogP contribution < -0.4 is 25.0 Å². The molecule has 2 N–H and O–H groups in total. The van der Waals surface area contributed by atoms with Crippen molar-refractivity contribution in [1.82, 2.24) is 15.5 Å². The molecule has 0 spiro atoms. The summed E-state index contributed by atoms with van der Waals surface area (Å²) in [5.41, 5.74) is 1.16. The van der Waals surface area contributed by atoms with Gasteiger partial charge in [-0.25, -0.2) is 0 Å². The molecule has 0 radical (unpaired) electrons. The van der Waals surface area contributed by atoms with Crippen LogP contribution in [0.3, 0.4) is 0 Å². The quantitative estimate of drug-likeness (QED) is 0.291. The first-order valence-corrected chi connectivity index (χ1v) is 12.0. The smallest absolute Gasteiger partial charge is 0.191 e. The fourth-order valence-corrected chi connectivity index (χ4v) is 4.77. The van der Waals surface area contributed by atoms with E-state index in [1.165, 1.54) is 32.4 Å². The van der Waals surface area contributed by atoms with Gasteiger partial charge in [-0.1, -0.05) is 0 Å². The molecule has 180 valence electrons. The van der Waals surface area contributed by atoms with Gasteiger partial charge in [-0.2, -0.15) is 0 Å². The Morgan fingerprint density at radius 1 is 1.00 bits per heavy atom. The molecule has 32 heavy (non-hydrogen) atoms. The molecule has 7 nitrogen and oxygen atoms in total. The number of likely N-dealkylation sites (tertiary alicyclic amines) is 1. The van der Waals surface area contributed by atoms with Gasteiger partial charge in [0.1, 0.15) is 11.5 Å². The van der Waals surface area contributed by atoms with Crippen LogP contribution in [0.4, 0.5) is 5.69 Å². The molecule has 1 aromatic rings. The number of anilines is 1. The lowest BCUT2D eigenvalue weighted by Crippen LogP contribution is -2.49. The van der Waals surface area contributed by atoms with E-state index in [-0.39, 0.29) is 24.0 Å². The van der Waals surface area contributed by atoms with E-state index in [0.29, 0.717) is 12.0 Å². The van der Waals surface area contributed by atoms with Gasteiger partial charge in [0.2, 0.25) is 0 Å². The molecular weight excluding hydrogens is 517 g/mol. The third-order valence-electron chi connectivity index (χ3n) is 6.77. The Morgan fingerprint density at radius 2 is 1.69 bits per heavy atom. The number of rotatable bonds is 8. The summed E-state index contributed by atoms with van der Waals surface area (Å²) in [6.07, 6.45) is 6.27. The summed E-state index contributed by atoms with van der Waals surface area (Å²) in [5, 5.41) is 7.15. The van der Waals surface area contributed by atoms with Crippen molar-refractivity contribution in [3.63, 3.8) is 0 Å². The van der Waals surface area contributed by atoms with Crippen LogP contribution in [0, 0.1) is 5.92 Å². The summed E-state index contributed by atoms with van der Waals surface area (Å²) in [4.78, 5) is 10.0. The molecule has 1 saturated carbocycles. The normalized spacial score (nSPS) is 22.4. The predicted molar refractivity (Wildman–Crippen MR) is 142 cm³/mol. The number of nitrogens with zero attached hydrogens (tertiary/aromatic N) is 3. The zero-order valence-corrected chi connectivity index (χ0v) is 22.1. The lowest BCUT2D eigenvalue weighted by Gasteiger charge is -2.35. The molecule has 2 saturated heterocycles. The van der Waals surface area contributed by atoms with Crippen LogP contribution in [-0.4, -0.2) is 76.4 Å². The first-order valence-electron chi connectivity index (χ1n) is 12.0. The summed E-state index contributed by atoms with van der Waals surface area (Å²) in [7, 11) is 3.40. The standard InChI is InChI=1S/C24H39N5O2.HI/c1-4-25-24(26-16-18-7-10-29(17-18)20-5-6-20)27-19-8-11-28(12-9-19)21-13-22(30-2)15-23(14-21)31-3;/h13-15,18-20H,4-12,16-17H2,1-3H3,(H2,25,26,27);1H. The number of guanidine groups is 1. The van der Waals surface area contributed by atoms with Gasteiger partial charge in [0.15, 0.2) is 5.96 Å². The zero-order chi connectivity index (χ0) is 21.6. The van der Waals surface area contributed by atoms with E-state index in [4.69, 9.17) is 14.5 Å². The molecule has 1 unspecified atom stereocenters. The van der Waals surface area contributed by atoms with E-state index in [9.17, 15) is 0 Å².